The van der Waals surface area contributed by atoms with Crippen molar-refractivity contribution >= 4 is 11.7 Å². The predicted octanol–water partition coefficient (Wildman–Crippen LogP) is 2.00. The molecule has 0 aliphatic rings. The van der Waals surface area contributed by atoms with Crippen molar-refractivity contribution in [3.05, 3.63) is 42.6 Å². The number of aromatic nitrogens is 3. The summed E-state index contributed by atoms with van der Waals surface area (Å²) in [5.41, 5.74) is 0. The number of nitrogens with zero attached hydrogens (tertiary/aromatic N) is 3. The zero-order valence-corrected chi connectivity index (χ0v) is 11.4. The molecule has 0 fully saturated rings. The highest BCUT2D eigenvalue weighted by Crippen LogP contribution is 2.19. The third kappa shape index (κ3) is 3.11. The molecule has 0 bridgehead atoms. The molecule has 0 aliphatic carbocycles. The summed E-state index contributed by atoms with van der Waals surface area (Å²) in [4.78, 5) is 19.8. The molecular weight excluding hydrogens is 288 g/mol. The molecule has 3 heterocycles. The number of hydrogen-bond donors (Lipinski definition) is 2. The minimum Gasteiger partial charge on any atom is -0.504 e. The van der Waals surface area contributed by atoms with Gasteiger partial charge in [-0.3, -0.25) is 4.79 Å². The quantitative estimate of drug-likeness (QED) is 0.740. The molecule has 0 saturated heterocycles. The standard InChI is InChI=1S/C14H12N4O4/c19-9-3-1-7-15-13(9)16-11(20)5-6-12-17-14(18-22-12)10-4-2-8-21-10/h1-4,7-8,19H,5-6H2,(H,15,16,20). The van der Waals surface area contributed by atoms with Crippen molar-refractivity contribution in [3.8, 4) is 17.3 Å². The van der Waals surface area contributed by atoms with E-state index in [1.807, 2.05) is 0 Å². The highest BCUT2D eigenvalue weighted by molar-refractivity contribution is 5.91. The molecule has 2 N–H and O–H groups in total. The molecule has 0 spiro atoms. The van der Waals surface area contributed by atoms with Gasteiger partial charge >= 0.3 is 0 Å². The molecule has 3 rings (SSSR count). The van der Waals surface area contributed by atoms with Crippen LogP contribution in [0.5, 0.6) is 5.75 Å². The molecule has 0 saturated carbocycles. The molecule has 0 aliphatic heterocycles. The lowest BCUT2D eigenvalue weighted by Gasteiger charge is -2.04. The topological polar surface area (TPSA) is 114 Å². The van der Waals surface area contributed by atoms with E-state index in [1.165, 1.54) is 18.5 Å². The Bertz CT molecular complexity index is 767. The van der Waals surface area contributed by atoms with Crippen LogP contribution in [-0.4, -0.2) is 26.1 Å². The minimum atomic E-state index is -0.313. The Morgan fingerprint density at radius 3 is 3.00 bits per heavy atom. The van der Waals surface area contributed by atoms with E-state index in [4.69, 9.17) is 8.94 Å². The van der Waals surface area contributed by atoms with E-state index in [2.05, 4.69) is 20.4 Å². The van der Waals surface area contributed by atoms with Crippen LogP contribution in [0.3, 0.4) is 0 Å². The molecular formula is C14H12N4O4. The molecule has 3 aromatic heterocycles. The fourth-order valence-corrected chi connectivity index (χ4v) is 1.77. The van der Waals surface area contributed by atoms with Gasteiger partial charge < -0.3 is 19.4 Å². The molecule has 0 unspecified atom stereocenters. The highest BCUT2D eigenvalue weighted by atomic mass is 16.5. The van der Waals surface area contributed by atoms with Gasteiger partial charge in [0.2, 0.25) is 17.6 Å². The summed E-state index contributed by atoms with van der Waals surface area (Å²) in [6, 6.07) is 6.44. The van der Waals surface area contributed by atoms with Crippen LogP contribution >= 0.6 is 0 Å². The van der Waals surface area contributed by atoms with Gasteiger partial charge in [0.25, 0.3) is 0 Å². The summed E-state index contributed by atoms with van der Waals surface area (Å²) >= 11 is 0. The van der Waals surface area contributed by atoms with E-state index in [1.54, 1.807) is 18.2 Å². The van der Waals surface area contributed by atoms with Gasteiger partial charge in [0.05, 0.1) is 6.26 Å². The molecule has 0 atom stereocenters. The van der Waals surface area contributed by atoms with E-state index in [9.17, 15) is 9.90 Å². The average Bonchev–Trinajstić information content (AvgIpc) is 3.18. The number of hydrogen-bond acceptors (Lipinski definition) is 7. The smallest absolute Gasteiger partial charge is 0.238 e. The zero-order chi connectivity index (χ0) is 15.4. The maximum atomic E-state index is 11.8. The largest absolute Gasteiger partial charge is 0.504 e. The molecule has 3 aromatic rings. The Balaban J connectivity index is 1.56. The number of rotatable bonds is 5. The second-order valence-electron chi connectivity index (χ2n) is 4.41. The van der Waals surface area contributed by atoms with Crippen LogP contribution in [0.15, 0.2) is 45.7 Å². The zero-order valence-electron chi connectivity index (χ0n) is 11.4. The fourth-order valence-electron chi connectivity index (χ4n) is 1.77. The third-order valence-corrected chi connectivity index (χ3v) is 2.82. The SMILES string of the molecule is O=C(CCc1nc(-c2ccco2)no1)Nc1ncccc1O. The van der Waals surface area contributed by atoms with E-state index in [0.717, 1.165) is 0 Å². The number of carbonyl (C=O) groups excluding carboxylic acids is 1. The van der Waals surface area contributed by atoms with E-state index >= 15 is 0 Å². The Morgan fingerprint density at radius 2 is 2.23 bits per heavy atom. The summed E-state index contributed by atoms with van der Waals surface area (Å²) in [5, 5.41) is 15.8. The average molecular weight is 300 g/mol. The monoisotopic (exact) mass is 300 g/mol. The number of pyridine rings is 1. The summed E-state index contributed by atoms with van der Waals surface area (Å²) in [6.07, 6.45) is 3.38. The fraction of sp³-hybridized carbons (Fsp3) is 0.143. The molecule has 8 heteroatoms. The number of aryl methyl sites for hydroxylation is 1. The van der Waals surface area contributed by atoms with Gasteiger partial charge in [-0.05, 0) is 24.3 Å². The first-order chi connectivity index (χ1) is 10.7. The number of furan rings is 1. The Labute approximate surface area is 124 Å². The van der Waals surface area contributed by atoms with Crippen molar-refractivity contribution in [3.63, 3.8) is 0 Å². The van der Waals surface area contributed by atoms with Gasteiger partial charge in [0.15, 0.2) is 17.3 Å². The Morgan fingerprint density at radius 1 is 1.32 bits per heavy atom. The molecule has 1 amide bonds. The van der Waals surface area contributed by atoms with Crippen LogP contribution in [0.4, 0.5) is 5.82 Å². The maximum absolute atomic E-state index is 11.8. The summed E-state index contributed by atoms with van der Waals surface area (Å²) in [6.45, 7) is 0. The van der Waals surface area contributed by atoms with Crippen LogP contribution in [0.25, 0.3) is 11.6 Å². The maximum Gasteiger partial charge on any atom is 0.238 e. The number of nitrogens with one attached hydrogen (secondary N) is 1. The van der Waals surface area contributed by atoms with Gasteiger partial charge in [0.1, 0.15) is 0 Å². The highest BCUT2D eigenvalue weighted by Gasteiger charge is 2.13. The van der Waals surface area contributed by atoms with Crippen molar-refractivity contribution in [2.75, 3.05) is 5.32 Å². The van der Waals surface area contributed by atoms with Crippen LogP contribution in [0, 0.1) is 0 Å². The van der Waals surface area contributed by atoms with E-state index < -0.39 is 0 Å². The first-order valence-corrected chi connectivity index (χ1v) is 6.52. The summed E-state index contributed by atoms with van der Waals surface area (Å²) in [7, 11) is 0. The summed E-state index contributed by atoms with van der Waals surface area (Å²) < 4.78 is 10.2. The van der Waals surface area contributed by atoms with E-state index in [-0.39, 0.29) is 30.3 Å². The van der Waals surface area contributed by atoms with Crippen molar-refractivity contribution in [2.24, 2.45) is 0 Å². The minimum absolute atomic E-state index is 0.0891. The lowest BCUT2D eigenvalue weighted by molar-refractivity contribution is -0.116. The number of anilines is 1. The Kier molecular flexibility index (Phi) is 3.82. The van der Waals surface area contributed by atoms with Gasteiger partial charge in [-0.25, -0.2) is 4.98 Å². The van der Waals surface area contributed by atoms with Crippen LogP contribution < -0.4 is 5.32 Å². The normalized spacial score (nSPS) is 10.5. The van der Waals surface area contributed by atoms with Crippen LogP contribution in [-0.2, 0) is 11.2 Å². The van der Waals surface area contributed by atoms with Crippen molar-refractivity contribution in [1.82, 2.24) is 15.1 Å². The van der Waals surface area contributed by atoms with Crippen LogP contribution in [0.2, 0.25) is 0 Å². The molecule has 8 nitrogen and oxygen atoms in total. The second kappa shape index (κ2) is 6.08. The molecule has 22 heavy (non-hydrogen) atoms. The van der Waals surface area contributed by atoms with Gasteiger partial charge in [-0.15, -0.1) is 0 Å². The Hall–Kier alpha value is -3.16. The van der Waals surface area contributed by atoms with Gasteiger partial charge in [0, 0.05) is 19.0 Å². The molecule has 112 valence electrons. The lowest BCUT2D eigenvalue weighted by Crippen LogP contribution is -2.13. The number of amides is 1. The number of aromatic hydroxyl groups is 1. The number of carbonyl (C=O) groups is 1. The van der Waals surface area contributed by atoms with Crippen molar-refractivity contribution in [2.45, 2.75) is 12.8 Å². The third-order valence-electron chi connectivity index (χ3n) is 2.82. The second-order valence-corrected chi connectivity index (χ2v) is 4.41. The predicted molar refractivity (Wildman–Crippen MR) is 74.9 cm³/mol. The summed E-state index contributed by atoms with van der Waals surface area (Å²) in [5.74, 6) is 0.877. The van der Waals surface area contributed by atoms with Crippen molar-refractivity contribution < 1.29 is 18.8 Å². The van der Waals surface area contributed by atoms with Gasteiger partial charge in [-0.1, -0.05) is 5.16 Å². The lowest BCUT2D eigenvalue weighted by atomic mass is 10.3. The van der Waals surface area contributed by atoms with Crippen LogP contribution in [0.1, 0.15) is 12.3 Å². The van der Waals surface area contributed by atoms with Gasteiger partial charge in [-0.2, -0.15) is 4.98 Å². The van der Waals surface area contributed by atoms with E-state index in [0.29, 0.717) is 17.5 Å². The van der Waals surface area contributed by atoms with Crippen molar-refractivity contribution in [1.29, 1.82) is 0 Å². The molecule has 0 aromatic carbocycles. The first-order valence-electron chi connectivity index (χ1n) is 6.52. The molecule has 0 radical (unpaired) electrons. The first kappa shape index (κ1) is 13.8.